The molecule has 0 heterocycles. The fourth-order valence-electron chi connectivity index (χ4n) is 0. The van der Waals surface area contributed by atoms with Gasteiger partial charge < -0.3 is 0 Å². The minimum absolute atomic E-state index is 0. The van der Waals surface area contributed by atoms with Crippen LogP contribution >= 0.6 is 0 Å². The summed E-state index contributed by atoms with van der Waals surface area (Å²) in [7, 11) is -4.67. The van der Waals surface area contributed by atoms with Crippen LogP contribution in [0.15, 0.2) is 0 Å². The predicted molar refractivity (Wildman–Crippen MR) is 48.5 cm³/mol. The third kappa shape index (κ3) is 134. The minimum atomic E-state index is -4.67. The summed E-state index contributed by atoms with van der Waals surface area (Å²) in [4.78, 5) is 0. The quantitative estimate of drug-likeness (QED) is 0.305. The van der Waals surface area contributed by atoms with Crippen LogP contribution in [-0.4, -0.2) is 150 Å². The third-order valence-electron chi connectivity index (χ3n) is 0. The summed E-state index contributed by atoms with van der Waals surface area (Å²) in [6.45, 7) is 0. The Balaban J connectivity index is -0.0000000183. The molecule has 0 fully saturated rings. The van der Waals surface area contributed by atoms with E-state index in [1.54, 1.807) is 0 Å². The van der Waals surface area contributed by atoms with Crippen molar-refractivity contribution in [3.63, 3.8) is 0 Å². The van der Waals surface area contributed by atoms with Crippen LogP contribution in [0, 0.1) is 0 Å². The van der Waals surface area contributed by atoms with E-state index in [-0.39, 0.29) is 113 Å². The van der Waals surface area contributed by atoms with E-state index < -0.39 is 25.9 Å². The van der Waals surface area contributed by atoms with E-state index in [4.69, 9.17) is 25.5 Å². The van der Waals surface area contributed by atoms with Crippen molar-refractivity contribution in [1.82, 2.24) is 0 Å². The summed E-state index contributed by atoms with van der Waals surface area (Å²) in [5.41, 5.74) is 0. The monoisotopic (exact) mass is 284 g/mol. The molecule has 0 aliphatic heterocycles. The first kappa shape index (κ1) is 29.3. The topological polar surface area (TPSA) is 112 Å². The molecule has 0 saturated carbocycles. The molecule has 0 aromatic heterocycles. The van der Waals surface area contributed by atoms with Gasteiger partial charge in [-0.3, -0.25) is 9.11 Å². The summed E-state index contributed by atoms with van der Waals surface area (Å²) >= 11 is -1.50. The molecule has 6 nitrogen and oxygen atoms in total. The van der Waals surface area contributed by atoms with Crippen molar-refractivity contribution in [2.24, 2.45) is 0 Å². The fourth-order valence-corrected chi connectivity index (χ4v) is 0. The van der Waals surface area contributed by atoms with Gasteiger partial charge in [0.05, 0.1) is 0 Å². The second kappa shape index (κ2) is 19.4. The van der Waals surface area contributed by atoms with E-state index in [1.807, 2.05) is 0 Å². The molecule has 0 atom stereocenters. The van der Waals surface area contributed by atoms with E-state index >= 15 is 0 Å². The van der Waals surface area contributed by atoms with Crippen molar-refractivity contribution >= 4 is 139 Å². The second-order valence-electron chi connectivity index (χ2n) is 0.553. The Hall–Kier alpha value is 3.78. The van der Waals surface area contributed by atoms with E-state index in [0.29, 0.717) is 0 Å². The molecule has 11 heavy (non-hydrogen) atoms. The van der Waals surface area contributed by atoms with Crippen molar-refractivity contribution in [3.05, 3.63) is 0 Å². The molecule has 11 heteroatoms. The molecule has 0 aliphatic rings. The van der Waals surface area contributed by atoms with Gasteiger partial charge in [0.25, 0.3) is 0 Å². The molecular weight excluding hydrogens is 275 g/mol. The molecule has 60 valence electrons. The fraction of sp³-hybridized carbons (Fsp3) is 0. The van der Waals surface area contributed by atoms with Crippen LogP contribution in [0.2, 0.25) is 0 Å². The van der Waals surface area contributed by atoms with Crippen LogP contribution in [0.1, 0.15) is 0 Å². The Morgan fingerprint density at radius 1 is 1.00 bits per heavy atom. The summed E-state index contributed by atoms with van der Waals surface area (Å²) < 4.78 is 47.2. The maximum absolute atomic E-state index is 8.74. The van der Waals surface area contributed by atoms with Crippen molar-refractivity contribution in [2.75, 3.05) is 0 Å². The van der Waals surface area contributed by atoms with Crippen LogP contribution in [0.25, 0.3) is 0 Å². The third-order valence-corrected chi connectivity index (χ3v) is 0. The van der Waals surface area contributed by atoms with Gasteiger partial charge in [0.15, 0.2) is 0 Å². The van der Waals surface area contributed by atoms with Crippen molar-refractivity contribution < 1.29 is 25.5 Å². The van der Waals surface area contributed by atoms with Crippen LogP contribution < -0.4 is 0 Å². The number of hydrogen-bond acceptors (Lipinski definition) is 3. The first-order valence-electron chi connectivity index (χ1n) is 1.19. The molecule has 0 rings (SSSR count). The molecule has 0 aromatic rings. The Bertz CT molecular complexity index is 132. The Labute approximate surface area is 160 Å². The maximum atomic E-state index is 8.74. The molecule has 0 spiro atoms. The Kier molecular flexibility index (Phi) is 51.7. The zero-order valence-electron chi connectivity index (χ0n) is 3.55. The predicted octanol–water partition coefficient (Wildman–Crippen LogP) is -4.46. The first-order valence-corrected chi connectivity index (χ1v) is 3.58. The molecule has 0 aliphatic carbocycles. The summed E-state index contributed by atoms with van der Waals surface area (Å²) in [5.74, 6) is 0. The Morgan fingerprint density at radius 2 is 1.00 bits per heavy atom. The van der Waals surface area contributed by atoms with Crippen LogP contribution in [0.4, 0.5) is 0 Å². The molecule has 0 amide bonds. The van der Waals surface area contributed by atoms with E-state index in [2.05, 4.69) is 0 Å². The van der Waals surface area contributed by atoms with Gasteiger partial charge in [0.2, 0.25) is 0 Å². The number of hydrogen-bond donors (Lipinski definition) is 3. The molecule has 0 radical (unpaired) electrons. The van der Waals surface area contributed by atoms with Gasteiger partial charge >= 0.3 is 147 Å². The summed E-state index contributed by atoms with van der Waals surface area (Å²) in [5, 5.41) is 0. The molecule has 3 N–H and O–H groups in total. The van der Waals surface area contributed by atoms with Gasteiger partial charge in [-0.2, -0.15) is 8.42 Å². The van der Waals surface area contributed by atoms with E-state index in [0.717, 1.165) is 0 Å². The van der Waals surface area contributed by atoms with Crippen molar-refractivity contribution in [1.29, 1.82) is 0 Å². The van der Waals surface area contributed by atoms with E-state index in [1.165, 1.54) is 0 Å². The molecule has 0 bridgehead atoms. The zero-order chi connectivity index (χ0) is 7.21. The van der Waals surface area contributed by atoms with Crippen LogP contribution in [0.5, 0.6) is 0 Å². The normalized spacial score (nSPS) is 6.00. The average Bonchev–Trinajstić information content (AvgIpc) is 1.27. The van der Waals surface area contributed by atoms with Gasteiger partial charge in [-0.15, -0.1) is 0 Å². The first-order chi connectivity index (χ1) is 3.41. The molecule has 0 saturated heterocycles. The zero-order valence-corrected chi connectivity index (χ0v) is 5.52. The SMILES string of the molecule is O=S(=O)(O)O.[CaH2].[CaH2].[CaH2].[O]=[Al][OH]. The Morgan fingerprint density at radius 3 is 1.00 bits per heavy atom. The standard InChI is InChI=1S/Al.3Ca.H2O4S.H2O.O.6H/c;;;;1-5(2,3)4;;;;;;;;/h;;;;(H2,1,2,3,4);1H2;;;;;;;/q+1;;;;;;;;;;;;/p-1. The number of rotatable bonds is 0. The molecule has 0 unspecified atom stereocenters. The van der Waals surface area contributed by atoms with Crippen LogP contribution in [-0.2, 0) is 14.2 Å². The molecule has 0 aromatic carbocycles. The van der Waals surface area contributed by atoms with Gasteiger partial charge in [0, 0.05) is 0 Å². The van der Waals surface area contributed by atoms with Gasteiger partial charge in [-0.1, -0.05) is 0 Å². The van der Waals surface area contributed by atoms with Gasteiger partial charge in [-0.05, 0) is 0 Å². The average molecular weight is 284 g/mol. The van der Waals surface area contributed by atoms with Crippen molar-refractivity contribution in [2.45, 2.75) is 0 Å². The summed E-state index contributed by atoms with van der Waals surface area (Å²) in [6.07, 6.45) is 0. The second-order valence-corrected chi connectivity index (χ2v) is 1.66. The van der Waals surface area contributed by atoms with Crippen molar-refractivity contribution in [3.8, 4) is 0 Å². The molecular formula is H9AlCa3O6S. The van der Waals surface area contributed by atoms with Gasteiger partial charge in [-0.25, -0.2) is 0 Å². The summed E-state index contributed by atoms with van der Waals surface area (Å²) in [6, 6.07) is 0. The van der Waals surface area contributed by atoms with Crippen LogP contribution in [0.3, 0.4) is 0 Å². The van der Waals surface area contributed by atoms with Gasteiger partial charge in [0.1, 0.15) is 0 Å². The van der Waals surface area contributed by atoms with E-state index in [9.17, 15) is 0 Å².